The summed E-state index contributed by atoms with van der Waals surface area (Å²) in [7, 11) is 1.78. The van der Waals surface area contributed by atoms with Crippen LogP contribution in [0.5, 0.6) is 0 Å². The third-order valence-electron chi connectivity index (χ3n) is 3.60. The predicted octanol–water partition coefficient (Wildman–Crippen LogP) is 1.60. The van der Waals surface area contributed by atoms with Gasteiger partial charge in [0.2, 0.25) is 5.91 Å². The van der Waals surface area contributed by atoms with E-state index in [9.17, 15) is 4.79 Å². The molecule has 18 heavy (non-hydrogen) atoms. The Balaban J connectivity index is 1.88. The SMILES string of the molecule is Cc1cc(CN(C)C(=O)CC2(N)CCCC2)no1. The van der Waals surface area contributed by atoms with Crippen molar-refractivity contribution < 1.29 is 9.32 Å². The van der Waals surface area contributed by atoms with E-state index < -0.39 is 0 Å². The number of hydrogen-bond acceptors (Lipinski definition) is 4. The fourth-order valence-electron chi connectivity index (χ4n) is 2.52. The Hall–Kier alpha value is -1.36. The number of nitrogens with zero attached hydrogens (tertiary/aromatic N) is 2. The molecule has 100 valence electrons. The molecule has 0 atom stereocenters. The van der Waals surface area contributed by atoms with Crippen LogP contribution in [0.2, 0.25) is 0 Å². The maximum atomic E-state index is 12.1. The molecule has 1 aromatic heterocycles. The molecule has 0 radical (unpaired) electrons. The van der Waals surface area contributed by atoms with Crippen LogP contribution in [0, 0.1) is 6.92 Å². The number of aryl methyl sites for hydroxylation is 1. The summed E-state index contributed by atoms with van der Waals surface area (Å²) in [5, 5.41) is 3.89. The number of carbonyl (C=O) groups excluding carboxylic acids is 1. The molecule has 0 saturated heterocycles. The molecule has 0 aromatic carbocycles. The molecule has 1 amide bonds. The molecule has 2 rings (SSSR count). The molecular formula is C13H21N3O2. The summed E-state index contributed by atoms with van der Waals surface area (Å²) >= 11 is 0. The van der Waals surface area contributed by atoms with Gasteiger partial charge in [-0.1, -0.05) is 18.0 Å². The summed E-state index contributed by atoms with van der Waals surface area (Å²) < 4.78 is 4.99. The van der Waals surface area contributed by atoms with Gasteiger partial charge < -0.3 is 15.2 Å². The highest BCUT2D eigenvalue weighted by molar-refractivity contribution is 5.77. The molecule has 1 saturated carbocycles. The van der Waals surface area contributed by atoms with Crippen molar-refractivity contribution in [1.29, 1.82) is 0 Å². The van der Waals surface area contributed by atoms with Crippen LogP contribution in [0.4, 0.5) is 0 Å². The second-order valence-electron chi connectivity index (χ2n) is 5.42. The van der Waals surface area contributed by atoms with Crippen LogP contribution in [0.15, 0.2) is 10.6 Å². The minimum atomic E-state index is -0.287. The van der Waals surface area contributed by atoms with E-state index in [0.717, 1.165) is 37.1 Å². The van der Waals surface area contributed by atoms with Gasteiger partial charge in [0, 0.05) is 25.1 Å². The Kier molecular flexibility index (Phi) is 3.71. The molecular weight excluding hydrogens is 230 g/mol. The molecule has 0 aliphatic heterocycles. The Morgan fingerprint density at radius 3 is 2.78 bits per heavy atom. The first-order chi connectivity index (χ1) is 8.48. The molecule has 1 aliphatic carbocycles. The third-order valence-corrected chi connectivity index (χ3v) is 3.60. The number of carbonyl (C=O) groups is 1. The lowest BCUT2D eigenvalue weighted by Gasteiger charge is -2.25. The lowest BCUT2D eigenvalue weighted by Crippen LogP contribution is -2.42. The minimum Gasteiger partial charge on any atom is -0.361 e. The number of nitrogens with two attached hydrogens (primary N) is 1. The van der Waals surface area contributed by atoms with Crippen LogP contribution >= 0.6 is 0 Å². The molecule has 1 fully saturated rings. The summed E-state index contributed by atoms with van der Waals surface area (Å²) in [6, 6.07) is 1.84. The van der Waals surface area contributed by atoms with Crippen LogP contribution in [-0.2, 0) is 11.3 Å². The van der Waals surface area contributed by atoms with E-state index in [-0.39, 0.29) is 11.4 Å². The van der Waals surface area contributed by atoms with Crippen molar-refractivity contribution in [2.45, 2.75) is 51.1 Å². The Labute approximate surface area is 107 Å². The van der Waals surface area contributed by atoms with Crippen LogP contribution in [0.1, 0.15) is 43.6 Å². The van der Waals surface area contributed by atoms with Gasteiger partial charge in [0.25, 0.3) is 0 Å². The monoisotopic (exact) mass is 251 g/mol. The second-order valence-corrected chi connectivity index (χ2v) is 5.42. The summed E-state index contributed by atoms with van der Waals surface area (Å²) in [6.07, 6.45) is 4.61. The van der Waals surface area contributed by atoms with E-state index in [1.165, 1.54) is 0 Å². The fourth-order valence-corrected chi connectivity index (χ4v) is 2.52. The maximum absolute atomic E-state index is 12.1. The van der Waals surface area contributed by atoms with Crippen LogP contribution in [0.3, 0.4) is 0 Å². The highest BCUT2D eigenvalue weighted by Gasteiger charge is 2.32. The van der Waals surface area contributed by atoms with E-state index in [4.69, 9.17) is 10.3 Å². The lowest BCUT2D eigenvalue weighted by molar-refractivity contribution is -0.131. The largest absolute Gasteiger partial charge is 0.361 e. The molecule has 5 heteroatoms. The average Bonchev–Trinajstić information content (AvgIpc) is 2.88. The molecule has 2 N–H and O–H groups in total. The normalized spacial score (nSPS) is 17.9. The molecule has 1 aliphatic rings. The van der Waals surface area contributed by atoms with Crippen LogP contribution < -0.4 is 5.73 Å². The van der Waals surface area contributed by atoms with Crippen molar-refractivity contribution in [3.63, 3.8) is 0 Å². The zero-order valence-electron chi connectivity index (χ0n) is 11.1. The van der Waals surface area contributed by atoms with Crippen molar-refractivity contribution >= 4 is 5.91 Å². The summed E-state index contributed by atoms with van der Waals surface area (Å²) in [4.78, 5) is 13.8. The lowest BCUT2D eigenvalue weighted by atomic mass is 9.94. The first-order valence-corrected chi connectivity index (χ1v) is 6.44. The maximum Gasteiger partial charge on any atom is 0.224 e. The molecule has 0 unspecified atom stereocenters. The number of amides is 1. The first-order valence-electron chi connectivity index (χ1n) is 6.44. The van der Waals surface area contributed by atoms with E-state index in [0.29, 0.717) is 13.0 Å². The van der Waals surface area contributed by atoms with Gasteiger partial charge in [-0.2, -0.15) is 0 Å². The van der Waals surface area contributed by atoms with E-state index in [2.05, 4.69) is 5.16 Å². The Morgan fingerprint density at radius 1 is 1.56 bits per heavy atom. The molecule has 1 aromatic rings. The summed E-state index contributed by atoms with van der Waals surface area (Å²) in [5.41, 5.74) is 6.71. The van der Waals surface area contributed by atoms with Gasteiger partial charge in [-0.15, -0.1) is 0 Å². The number of rotatable bonds is 4. The highest BCUT2D eigenvalue weighted by Crippen LogP contribution is 2.30. The topological polar surface area (TPSA) is 72.4 Å². The average molecular weight is 251 g/mol. The van der Waals surface area contributed by atoms with Gasteiger partial charge in [0.15, 0.2) is 0 Å². The number of aromatic nitrogens is 1. The Morgan fingerprint density at radius 2 is 2.22 bits per heavy atom. The molecule has 1 heterocycles. The van der Waals surface area contributed by atoms with Gasteiger partial charge >= 0.3 is 0 Å². The van der Waals surface area contributed by atoms with Gasteiger partial charge in [-0.05, 0) is 19.8 Å². The third kappa shape index (κ3) is 3.10. The molecule has 5 nitrogen and oxygen atoms in total. The standard InChI is InChI=1S/C13H21N3O2/c1-10-7-11(15-18-10)9-16(2)12(17)8-13(14)5-3-4-6-13/h7H,3-6,8-9,14H2,1-2H3. The van der Waals surface area contributed by atoms with Gasteiger partial charge in [0.05, 0.1) is 6.54 Å². The van der Waals surface area contributed by atoms with Crippen molar-refractivity contribution in [3.05, 3.63) is 17.5 Å². The summed E-state index contributed by atoms with van der Waals surface area (Å²) in [6.45, 7) is 2.32. The first kappa shape index (κ1) is 13.1. The fraction of sp³-hybridized carbons (Fsp3) is 0.692. The highest BCUT2D eigenvalue weighted by atomic mass is 16.5. The zero-order valence-corrected chi connectivity index (χ0v) is 11.1. The minimum absolute atomic E-state index is 0.0834. The number of hydrogen-bond donors (Lipinski definition) is 1. The van der Waals surface area contributed by atoms with Crippen LogP contribution in [0.25, 0.3) is 0 Å². The predicted molar refractivity (Wildman–Crippen MR) is 67.7 cm³/mol. The van der Waals surface area contributed by atoms with Gasteiger partial charge in [-0.3, -0.25) is 4.79 Å². The quantitative estimate of drug-likeness (QED) is 0.882. The van der Waals surface area contributed by atoms with Crippen molar-refractivity contribution in [3.8, 4) is 0 Å². The zero-order chi connectivity index (χ0) is 13.2. The smallest absolute Gasteiger partial charge is 0.224 e. The van der Waals surface area contributed by atoms with E-state index in [1.807, 2.05) is 13.0 Å². The Bertz CT molecular complexity index is 422. The second kappa shape index (κ2) is 5.10. The van der Waals surface area contributed by atoms with Crippen LogP contribution in [-0.4, -0.2) is 28.6 Å². The van der Waals surface area contributed by atoms with E-state index >= 15 is 0 Å². The summed E-state index contributed by atoms with van der Waals surface area (Å²) in [5.74, 6) is 0.844. The van der Waals surface area contributed by atoms with Gasteiger partial charge in [0.1, 0.15) is 11.5 Å². The molecule has 0 spiro atoms. The molecule has 0 bridgehead atoms. The van der Waals surface area contributed by atoms with E-state index in [1.54, 1.807) is 11.9 Å². The van der Waals surface area contributed by atoms with Crippen molar-refractivity contribution in [2.24, 2.45) is 5.73 Å². The van der Waals surface area contributed by atoms with Gasteiger partial charge in [-0.25, -0.2) is 0 Å². The van der Waals surface area contributed by atoms with Crippen molar-refractivity contribution in [2.75, 3.05) is 7.05 Å². The van der Waals surface area contributed by atoms with Crippen molar-refractivity contribution in [1.82, 2.24) is 10.1 Å².